The van der Waals surface area contributed by atoms with Gasteiger partial charge in [-0.05, 0) is 44.5 Å². The monoisotopic (exact) mass is 344 g/mol. The molecule has 0 saturated carbocycles. The minimum Gasteiger partial charge on any atom is -0.298 e. The predicted molar refractivity (Wildman–Crippen MR) is 97.6 cm³/mol. The zero-order valence-electron chi connectivity index (χ0n) is 15.1. The van der Waals surface area contributed by atoms with Crippen LogP contribution in [0.5, 0.6) is 0 Å². The molecular weight excluding hydrogens is 319 g/mol. The molecule has 0 spiro atoms. The number of hydrogen-bond acceptors (Lipinski definition) is 4. The van der Waals surface area contributed by atoms with Crippen molar-refractivity contribution in [3.05, 3.63) is 51.7 Å². The van der Waals surface area contributed by atoms with Crippen LogP contribution in [0.15, 0.2) is 29.1 Å². The lowest BCUT2D eigenvalue weighted by molar-refractivity contribution is 0.194. The highest BCUT2D eigenvalue weighted by Gasteiger charge is 2.26. The summed E-state index contributed by atoms with van der Waals surface area (Å²) in [4.78, 5) is 21.6. The molecule has 1 aromatic heterocycles. The number of rotatable bonds is 5. The van der Waals surface area contributed by atoms with Crippen molar-refractivity contribution in [2.24, 2.45) is 0 Å². The van der Waals surface area contributed by atoms with Crippen LogP contribution in [-0.4, -0.2) is 27.7 Å². The average Bonchev–Trinajstić information content (AvgIpc) is 2.61. The van der Waals surface area contributed by atoms with Gasteiger partial charge < -0.3 is 0 Å². The predicted octanol–water partition coefficient (Wildman–Crippen LogP) is 3.56. The number of aromatic nitrogens is 2. The lowest BCUT2D eigenvalue weighted by Crippen LogP contribution is -2.48. The van der Waals surface area contributed by atoms with Gasteiger partial charge in [-0.3, -0.25) is 19.2 Å². The van der Waals surface area contributed by atoms with Crippen molar-refractivity contribution >= 4 is 11.6 Å². The summed E-state index contributed by atoms with van der Waals surface area (Å²) in [6, 6.07) is 6.34. The molecular formula is C19H25FN4O. The summed E-state index contributed by atoms with van der Waals surface area (Å²) in [7, 11) is 0. The molecule has 25 heavy (non-hydrogen) atoms. The highest BCUT2D eigenvalue weighted by atomic mass is 19.1. The van der Waals surface area contributed by atoms with E-state index in [1.807, 2.05) is 18.7 Å². The molecule has 3 rings (SSSR count). The summed E-state index contributed by atoms with van der Waals surface area (Å²) in [5.41, 5.74) is 2.25. The minimum atomic E-state index is -0.272. The number of halogens is 1. The Labute approximate surface area is 147 Å². The molecule has 6 heteroatoms. The Hall–Kier alpha value is -2.21. The van der Waals surface area contributed by atoms with E-state index < -0.39 is 0 Å². The Bertz CT molecular complexity index is 800. The summed E-state index contributed by atoms with van der Waals surface area (Å²) in [6.45, 7) is 7.96. The Morgan fingerprint density at radius 1 is 1.12 bits per heavy atom. The van der Waals surface area contributed by atoms with E-state index in [4.69, 9.17) is 0 Å². The van der Waals surface area contributed by atoms with Crippen LogP contribution < -0.4 is 10.5 Å². The Balaban J connectivity index is 2.01. The normalized spacial score (nSPS) is 14.6. The van der Waals surface area contributed by atoms with E-state index in [1.54, 1.807) is 16.7 Å². The van der Waals surface area contributed by atoms with Gasteiger partial charge in [-0.15, -0.1) is 0 Å². The van der Waals surface area contributed by atoms with E-state index in [2.05, 4.69) is 16.8 Å². The molecule has 0 bridgehead atoms. The molecule has 2 heterocycles. The molecule has 0 saturated heterocycles. The van der Waals surface area contributed by atoms with E-state index in [1.165, 1.54) is 18.6 Å². The van der Waals surface area contributed by atoms with Gasteiger partial charge in [-0.25, -0.2) is 9.37 Å². The third-order valence-corrected chi connectivity index (χ3v) is 4.76. The van der Waals surface area contributed by atoms with Crippen molar-refractivity contribution in [1.29, 1.82) is 0 Å². The SMILES string of the molecule is CCCCCN1CN(c2ccc(F)cc2)c2nc(C)c(C)c(=O)n2C1. The molecule has 0 unspecified atom stereocenters. The summed E-state index contributed by atoms with van der Waals surface area (Å²) in [5.74, 6) is 0.359. The van der Waals surface area contributed by atoms with Crippen molar-refractivity contribution in [2.75, 3.05) is 18.1 Å². The molecule has 5 nitrogen and oxygen atoms in total. The van der Waals surface area contributed by atoms with Crippen molar-refractivity contribution in [3.8, 4) is 0 Å². The smallest absolute Gasteiger partial charge is 0.259 e. The van der Waals surface area contributed by atoms with Crippen LogP contribution in [0.3, 0.4) is 0 Å². The molecule has 0 N–H and O–H groups in total. The van der Waals surface area contributed by atoms with Crippen LogP contribution in [0.4, 0.5) is 16.0 Å². The minimum absolute atomic E-state index is 0.00481. The summed E-state index contributed by atoms with van der Waals surface area (Å²) < 4.78 is 15.0. The van der Waals surface area contributed by atoms with Gasteiger partial charge in [0, 0.05) is 23.5 Å². The fraction of sp³-hybridized carbons (Fsp3) is 0.474. The van der Waals surface area contributed by atoms with Gasteiger partial charge >= 0.3 is 0 Å². The second kappa shape index (κ2) is 7.35. The summed E-state index contributed by atoms with van der Waals surface area (Å²) in [5, 5.41) is 0. The number of hydrogen-bond donors (Lipinski definition) is 0. The molecule has 2 aromatic rings. The zero-order valence-corrected chi connectivity index (χ0v) is 15.1. The lowest BCUT2D eigenvalue weighted by atomic mass is 10.2. The number of benzene rings is 1. The second-order valence-corrected chi connectivity index (χ2v) is 6.64. The largest absolute Gasteiger partial charge is 0.298 e. The van der Waals surface area contributed by atoms with E-state index in [-0.39, 0.29) is 11.4 Å². The highest BCUT2D eigenvalue weighted by Crippen LogP contribution is 2.27. The first-order valence-corrected chi connectivity index (χ1v) is 8.84. The maximum absolute atomic E-state index is 13.3. The number of nitrogens with zero attached hydrogens (tertiary/aromatic N) is 4. The van der Waals surface area contributed by atoms with Crippen molar-refractivity contribution < 1.29 is 4.39 Å². The summed E-state index contributed by atoms with van der Waals surface area (Å²) >= 11 is 0. The maximum atomic E-state index is 13.3. The Morgan fingerprint density at radius 2 is 1.84 bits per heavy atom. The highest BCUT2D eigenvalue weighted by molar-refractivity contribution is 5.58. The first kappa shape index (κ1) is 17.6. The van der Waals surface area contributed by atoms with Gasteiger partial charge in [0.15, 0.2) is 0 Å². The molecule has 0 amide bonds. The molecule has 0 atom stereocenters. The Morgan fingerprint density at radius 3 is 2.52 bits per heavy atom. The second-order valence-electron chi connectivity index (χ2n) is 6.64. The lowest BCUT2D eigenvalue weighted by Gasteiger charge is -2.38. The first-order valence-electron chi connectivity index (χ1n) is 8.84. The molecule has 0 aliphatic carbocycles. The van der Waals surface area contributed by atoms with Gasteiger partial charge in [0.05, 0.1) is 13.3 Å². The van der Waals surface area contributed by atoms with Crippen LogP contribution in [0.25, 0.3) is 0 Å². The van der Waals surface area contributed by atoms with Gasteiger partial charge in [-0.1, -0.05) is 19.8 Å². The topological polar surface area (TPSA) is 41.4 Å². The van der Waals surface area contributed by atoms with Crippen LogP contribution in [0.2, 0.25) is 0 Å². The maximum Gasteiger partial charge on any atom is 0.259 e. The number of unbranched alkanes of at least 4 members (excludes halogenated alkanes) is 2. The summed E-state index contributed by atoms with van der Waals surface area (Å²) in [6.07, 6.45) is 3.42. The zero-order chi connectivity index (χ0) is 18.0. The fourth-order valence-corrected chi connectivity index (χ4v) is 3.13. The van der Waals surface area contributed by atoms with Crippen LogP contribution in [0.1, 0.15) is 37.4 Å². The standard InChI is InChI=1S/C19H25FN4O/c1-4-5-6-11-22-12-23(17-9-7-16(20)8-10-17)19-21-15(3)14(2)18(25)24(19)13-22/h7-10H,4-6,11-13H2,1-3H3. The van der Waals surface area contributed by atoms with Gasteiger partial charge in [0.2, 0.25) is 5.95 Å². The van der Waals surface area contributed by atoms with Crippen LogP contribution in [0, 0.1) is 19.7 Å². The average molecular weight is 344 g/mol. The van der Waals surface area contributed by atoms with Crippen LogP contribution >= 0.6 is 0 Å². The molecule has 0 radical (unpaired) electrons. The molecule has 1 aliphatic heterocycles. The molecule has 1 aliphatic rings. The quantitative estimate of drug-likeness (QED) is 0.778. The molecule has 0 fully saturated rings. The van der Waals surface area contributed by atoms with Gasteiger partial charge in [0.1, 0.15) is 5.82 Å². The number of aryl methyl sites for hydroxylation is 1. The number of fused-ring (bicyclic) bond motifs is 1. The Kier molecular flexibility index (Phi) is 5.18. The van der Waals surface area contributed by atoms with E-state index in [9.17, 15) is 9.18 Å². The third kappa shape index (κ3) is 3.58. The van der Waals surface area contributed by atoms with Gasteiger partial charge in [0.25, 0.3) is 5.56 Å². The third-order valence-electron chi connectivity index (χ3n) is 4.76. The fourth-order valence-electron chi connectivity index (χ4n) is 3.13. The number of anilines is 2. The van der Waals surface area contributed by atoms with Crippen molar-refractivity contribution in [2.45, 2.75) is 46.7 Å². The van der Waals surface area contributed by atoms with E-state index in [0.29, 0.717) is 24.8 Å². The van der Waals surface area contributed by atoms with Crippen LogP contribution in [-0.2, 0) is 6.67 Å². The van der Waals surface area contributed by atoms with E-state index in [0.717, 1.165) is 30.8 Å². The molecule has 1 aromatic carbocycles. The first-order chi connectivity index (χ1) is 12.0. The van der Waals surface area contributed by atoms with E-state index >= 15 is 0 Å². The van der Waals surface area contributed by atoms with Crippen molar-refractivity contribution in [3.63, 3.8) is 0 Å². The van der Waals surface area contributed by atoms with Crippen molar-refractivity contribution in [1.82, 2.24) is 14.5 Å². The molecule has 134 valence electrons. The van der Waals surface area contributed by atoms with Gasteiger partial charge in [-0.2, -0.15) is 0 Å².